The first-order valence-electron chi connectivity index (χ1n) is 10.0. The predicted molar refractivity (Wildman–Crippen MR) is 122 cm³/mol. The second kappa shape index (κ2) is 10.8. The van der Waals surface area contributed by atoms with Gasteiger partial charge < -0.3 is 20.5 Å². The maximum Gasteiger partial charge on any atom is 0.322 e. The summed E-state index contributed by atoms with van der Waals surface area (Å²) in [4.78, 5) is 46.4. The van der Waals surface area contributed by atoms with Crippen molar-refractivity contribution < 1.29 is 37.4 Å². The van der Waals surface area contributed by atoms with Crippen molar-refractivity contribution in [3.63, 3.8) is 0 Å². The minimum Gasteiger partial charge on any atom is -0.480 e. The summed E-state index contributed by atoms with van der Waals surface area (Å²) in [5, 5.41) is 12.9. The lowest BCUT2D eigenvalue weighted by atomic mass is 9.97. The number of ether oxygens (including phenoxy) is 1. The van der Waals surface area contributed by atoms with Gasteiger partial charge in [-0.2, -0.15) is 0 Å². The van der Waals surface area contributed by atoms with Gasteiger partial charge in [-0.05, 0) is 57.2 Å². The zero-order valence-electron chi connectivity index (χ0n) is 18.7. The summed E-state index contributed by atoms with van der Waals surface area (Å²) in [6.45, 7) is 3.97. The molecule has 0 aliphatic rings. The van der Waals surface area contributed by atoms with Crippen molar-refractivity contribution in [2.75, 3.05) is 17.8 Å². The van der Waals surface area contributed by atoms with E-state index in [0.29, 0.717) is 0 Å². The Balaban J connectivity index is 2.11. The summed E-state index contributed by atoms with van der Waals surface area (Å²) < 4.78 is 33.2. The minimum atomic E-state index is -4.11. The molecule has 2 aromatic rings. The maximum atomic E-state index is 12.8. The number of para-hydroxylation sites is 1. The quantitative estimate of drug-likeness (QED) is 0.301. The number of aliphatic carboxylic acids is 1. The normalized spacial score (nSPS) is 11.3. The highest BCUT2D eigenvalue weighted by atomic mass is 32.2. The van der Waals surface area contributed by atoms with Crippen molar-refractivity contribution in [3.8, 4) is 5.75 Å². The Labute approximate surface area is 196 Å². The number of sulfonamides is 1. The van der Waals surface area contributed by atoms with Crippen molar-refractivity contribution in [2.24, 2.45) is 5.41 Å². The summed E-state index contributed by atoms with van der Waals surface area (Å²) >= 11 is 0. The van der Waals surface area contributed by atoms with Crippen LogP contribution in [0.5, 0.6) is 5.75 Å². The van der Waals surface area contributed by atoms with Crippen LogP contribution in [-0.4, -0.2) is 50.4 Å². The van der Waals surface area contributed by atoms with Crippen LogP contribution in [0.2, 0.25) is 0 Å². The van der Waals surface area contributed by atoms with Gasteiger partial charge in [-0.25, -0.2) is 8.42 Å². The molecule has 0 atom stereocenters. The number of carboxylic acids is 1. The van der Waals surface area contributed by atoms with Gasteiger partial charge in [0.15, 0.2) is 0 Å². The molecule has 0 saturated carbocycles. The number of amides is 2. The van der Waals surface area contributed by atoms with E-state index in [4.69, 9.17) is 9.84 Å². The lowest BCUT2D eigenvalue weighted by Gasteiger charge is -2.16. The molecule has 0 heterocycles. The zero-order valence-corrected chi connectivity index (χ0v) is 19.6. The average molecular weight is 492 g/mol. The molecule has 0 aromatic heterocycles. The Bertz CT molecular complexity index is 1190. The lowest BCUT2D eigenvalue weighted by Crippen LogP contribution is -2.39. The van der Waals surface area contributed by atoms with Gasteiger partial charge in [-0.3, -0.25) is 23.9 Å². The average Bonchev–Trinajstić information content (AvgIpc) is 2.75. The van der Waals surface area contributed by atoms with E-state index in [1.807, 2.05) is 0 Å². The van der Waals surface area contributed by atoms with E-state index in [1.165, 1.54) is 48.5 Å². The van der Waals surface area contributed by atoms with E-state index >= 15 is 0 Å². The fourth-order valence-electron chi connectivity index (χ4n) is 2.41. The highest BCUT2D eigenvalue weighted by Gasteiger charge is 2.24. The molecule has 0 unspecified atom stereocenters. The topological polar surface area (TPSA) is 168 Å². The molecule has 34 heavy (non-hydrogen) atoms. The molecular formula is C22H25N3O8S. The summed E-state index contributed by atoms with van der Waals surface area (Å²) in [6, 6.07) is 10.9. The molecule has 0 aliphatic carbocycles. The Morgan fingerprint density at radius 2 is 1.53 bits per heavy atom. The molecule has 2 amide bonds. The molecule has 0 fully saturated rings. The largest absolute Gasteiger partial charge is 0.480 e. The first-order chi connectivity index (χ1) is 15.8. The van der Waals surface area contributed by atoms with Crippen LogP contribution in [0, 0.1) is 5.41 Å². The van der Waals surface area contributed by atoms with Crippen molar-refractivity contribution in [3.05, 3.63) is 54.1 Å². The van der Waals surface area contributed by atoms with E-state index < -0.39 is 52.3 Å². The first-order valence-corrected chi connectivity index (χ1v) is 11.5. The molecule has 0 spiro atoms. The second-order valence-corrected chi connectivity index (χ2v) is 9.80. The van der Waals surface area contributed by atoms with Crippen LogP contribution in [0.4, 0.5) is 5.69 Å². The SMILES string of the molecule is CC(C)(C)C(=O)Oc1ccc(S(=O)(=O)Nc2ccccc2C(=O)NCC(=O)NCC(=O)O)cc1. The van der Waals surface area contributed by atoms with Crippen LogP contribution in [0.25, 0.3) is 0 Å². The molecule has 182 valence electrons. The van der Waals surface area contributed by atoms with E-state index in [0.717, 1.165) is 0 Å². The standard InChI is InChI=1S/C22H25N3O8S/c1-22(2,3)21(30)33-14-8-10-15(11-9-14)34(31,32)25-17-7-5-4-6-16(17)20(29)24-12-18(26)23-13-19(27)28/h4-11,25H,12-13H2,1-3H3,(H,23,26)(H,24,29)(H,27,28). The number of esters is 1. The molecule has 11 nitrogen and oxygen atoms in total. The number of carboxylic acid groups (broad SMARTS) is 1. The third-order valence-corrected chi connectivity index (χ3v) is 5.60. The van der Waals surface area contributed by atoms with Crippen molar-refractivity contribution >= 4 is 39.5 Å². The van der Waals surface area contributed by atoms with Crippen LogP contribution in [0.3, 0.4) is 0 Å². The number of hydrogen-bond acceptors (Lipinski definition) is 7. The number of rotatable bonds is 9. The van der Waals surface area contributed by atoms with Crippen LogP contribution in [0.1, 0.15) is 31.1 Å². The summed E-state index contributed by atoms with van der Waals surface area (Å²) in [7, 11) is -4.11. The Morgan fingerprint density at radius 1 is 0.912 bits per heavy atom. The van der Waals surface area contributed by atoms with Gasteiger partial charge in [0, 0.05) is 0 Å². The highest BCUT2D eigenvalue weighted by molar-refractivity contribution is 7.92. The van der Waals surface area contributed by atoms with Crippen molar-refractivity contribution in [2.45, 2.75) is 25.7 Å². The zero-order chi connectivity index (χ0) is 25.5. The Morgan fingerprint density at radius 3 is 2.12 bits per heavy atom. The monoisotopic (exact) mass is 491 g/mol. The second-order valence-electron chi connectivity index (χ2n) is 8.12. The van der Waals surface area contributed by atoms with Crippen LogP contribution < -0.4 is 20.1 Å². The third kappa shape index (κ3) is 7.59. The smallest absolute Gasteiger partial charge is 0.322 e. The van der Waals surface area contributed by atoms with E-state index in [1.54, 1.807) is 20.8 Å². The molecule has 0 bridgehead atoms. The Hall–Kier alpha value is -3.93. The van der Waals surface area contributed by atoms with Gasteiger partial charge in [0.25, 0.3) is 15.9 Å². The highest BCUT2D eigenvalue weighted by Crippen LogP contribution is 2.23. The van der Waals surface area contributed by atoms with Gasteiger partial charge in [-0.15, -0.1) is 0 Å². The van der Waals surface area contributed by atoms with E-state index in [-0.39, 0.29) is 21.9 Å². The molecule has 0 saturated heterocycles. The summed E-state index contributed by atoms with van der Waals surface area (Å²) in [5.41, 5.74) is -0.810. The van der Waals surface area contributed by atoms with Gasteiger partial charge in [0.1, 0.15) is 12.3 Å². The maximum absolute atomic E-state index is 12.8. The molecular weight excluding hydrogens is 466 g/mol. The van der Waals surface area contributed by atoms with Gasteiger partial charge in [-0.1, -0.05) is 12.1 Å². The number of nitrogens with one attached hydrogen (secondary N) is 3. The predicted octanol–water partition coefficient (Wildman–Crippen LogP) is 1.37. The number of anilines is 1. The number of carbonyl (C=O) groups is 4. The minimum absolute atomic E-state index is 0.0332. The van der Waals surface area contributed by atoms with Crippen LogP contribution >= 0.6 is 0 Å². The third-order valence-electron chi connectivity index (χ3n) is 4.22. The van der Waals surface area contributed by atoms with E-state index in [9.17, 15) is 27.6 Å². The Kier molecular flexibility index (Phi) is 8.36. The fourth-order valence-corrected chi connectivity index (χ4v) is 3.49. The summed E-state index contributed by atoms with van der Waals surface area (Å²) in [6.07, 6.45) is 0. The van der Waals surface area contributed by atoms with Gasteiger partial charge >= 0.3 is 11.9 Å². The number of carbonyl (C=O) groups excluding carboxylic acids is 3. The number of hydrogen-bond donors (Lipinski definition) is 4. The van der Waals surface area contributed by atoms with Crippen LogP contribution in [-0.2, 0) is 24.4 Å². The van der Waals surface area contributed by atoms with Crippen molar-refractivity contribution in [1.29, 1.82) is 0 Å². The summed E-state index contributed by atoms with van der Waals surface area (Å²) in [5.74, 6) is -2.99. The number of benzene rings is 2. The van der Waals surface area contributed by atoms with Gasteiger partial charge in [0.05, 0.1) is 28.1 Å². The fraction of sp³-hybridized carbons (Fsp3) is 0.273. The van der Waals surface area contributed by atoms with E-state index in [2.05, 4.69) is 15.4 Å². The lowest BCUT2D eigenvalue weighted by molar-refractivity contribution is -0.143. The molecule has 0 radical (unpaired) electrons. The van der Waals surface area contributed by atoms with Gasteiger partial charge in [0.2, 0.25) is 5.91 Å². The molecule has 0 aliphatic heterocycles. The van der Waals surface area contributed by atoms with Crippen molar-refractivity contribution in [1.82, 2.24) is 10.6 Å². The molecule has 12 heteroatoms. The first kappa shape index (κ1) is 26.3. The van der Waals surface area contributed by atoms with Crippen LogP contribution in [0.15, 0.2) is 53.4 Å². The molecule has 2 rings (SSSR count). The molecule has 2 aromatic carbocycles. The molecule has 4 N–H and O–H groups in total.